The highest BCUT2D eigenvalue weighted by atomic mass is 16.6. The van der Waals surface area contributed by atoms with Crippen LogP contribution in [0.2, 0.25) is 0 Å². The molecule has 0 bridgehead atoms. The number of nitrogens with zero attached hydrogens (tertiary/aromatic N) is 1. The van der Waals surface area contributed by atoms with Crippen molar-refractivity contribution in [1.29, 1.82) is 0 Å². The van der Waals surface area contributed by atoms with Gasteiger partial charge in [-0.15, -0.1) is 0 Å². The van der Waals surface area contributed by atoms with Crippen molar-refractivity contribution in [2.24, 2.45) is 27.6 Å². The summed E-state index contributed by atoms with van der Waals surface area (Å²) in [4.78, 5) is 55.9. The summed E-state index contributed by atoms with van der Waals surface area (Å²) >= 11 is 0. The van der Waals surface area contributed by atoms with Crippen LogP contribution in [-0.2, 0) is 23.9 Å². The summed E-state index contributed by atoms with van der Waals surface area (Å²) in [5.74, 6) is -1.11. The predicted octanol–water partition coefficient (Wildman–Crippen LogP) is 4.96. The van der Waals surface area contributed by atoms with Crippen LogP contribution >= 0.6 is 0 Å². The Hall–Kier alpha value is -2.32. The predicted molar refractivity (Wildman–Crippen MR) is 156 cm³/mol. The number of ether oxygens (including phenoxy) is 2. The van der Waals surface area contributed by atoms with E-state index in [4.69, 9.17) is 9.47 Å². The zero-order valence-electron chi connectivity index (χ0n) is 26.8. The Balaban J connectivity index is 1.59. The van der Waals surface area contributed by atoms with Crippen LogP contribution in [0, 0.1) is 27.6 Å². The van der Waals surface area contributed by atoms with Gasteiger partial charge in [-0.25, -0.2) is 9.59 Å². The molecule has 41 heavy (non-hydrogen) atoms. The Labute approximate surface area is 246 Å². The Bertz CT molecular complexity index is 1050. The van der Waals surface area contributed by atoms with Crippen molar-refractivity contribution in [3.63, 3.8) is 0 Å². The van der Waals surface area contributed by atoms with Crippen LogP contribution in [-0.4, -0.2) is 66.2 Å². The molecule has 9 nitrogen and oxygen atoms in total. The fraction of sp³-hybridized carbons (Fsp3) is 0.875. The molecule has 2 N–H and O–H groups in total. The van der Waals surface area contributed by atoms with Crippen LogP contribution in [0.4, 0.5) is 4.79 Å². The number of methoxy groups -OCH3 is 1. The van der Waals surface area contributed by atoms with E-state index in [9.17, 15) is 19.2 Å². The fourth-order valence-corrected chi connectivity index (χ4v) is 8.52. The number of carbonyl (C=O) groups is 4. The van der Waals surface area contributed by atoms with Gasteiger partial charge in [0.25, 0.3) is 0 Å². The maximum absolute atomic E-state index is 14.4. The number of carbonyl (C=O) groups excluding carboxylic acids is 4. The molecule has 0 radical (unpaired) electrons. The van der Waals surface area contributed by atoms with Crippen LogP contribution < -0.4 is 10.6 Å². The first-order valence-electron chi connectivity index (χ1n) is 15.6. The Morgan fingerprint density at radius 3 is 1.95 bits per heavy atom. The molecule has 4 atom stereocenters. The Kier molecular flexibility index (Phi) is 8.29. The molecule has 0 aromatic rings. The van der Waals surface area contributed by atoms with Crippen molar-refractivity contribution in [3.8, 4) is 0 Å². The molecule has 1 aliphatic heterocycles. The van der Waals surface area contributed by atoms with Crippen LogP contribution in [0.15, 0.2) is 0 Å². The summed E-state index contributed by atoms with van der Waals surface area (Å²) < 4.78 is 10.7. The lowest BCUT2D eigenvalue weighted by molar-refractivity contribution is -0.153. The highest BCUT2D eigenvalue weighted by Crippen LogP contribution is 2.88. The Morgan fingerprint density at radius 2 is 1.49 bits per heavy atom. The van der Waals surface area contributed by atoms with Crippen LogP contribution in [0.5, 0.6) is 0 Å². The molecule has 3 saturated carbocycles. The van der Waals surface area contributed by atoms with Gasteiger partial charge in [0.15, 0.2) is 0 Å². The quantitative estimate of drug-likeness (QED) is 0.433. The molecule has 0 aromatic heterocycles. The molecule has 9 heteroatoms. The normalized spacial score (nSPS) is 28.4. The number of hydrogen-bond donors (Lipinski definition) is 2. The molecule has 2 unspecified atom stereocenters. The number of hydrogen-bond acceptors (Lipinski definition) is 6. The van der Waals surface area contributed by atoms with Crippen LogP contribution in [0.25, 0.3) is 0 Å². The molecule has 3 aliphatic carbocycles. The van der Waals surface area contributed by atoms with Crippen molar-refractivity contribution in [1.82, 2.24) is 15.5 Å². The van der Waals surface area contributed by atoms with Gasteiger partial charge < -0.3 is 25.0 Å². The number of esters is 1. The fourth-order valence-electron chi connectivity index (χ4n) is 8.52. The van der Waals surface area contributed by atoms with Gasteiger partial charge in [-0.3, -0.25) is 9.59 Å². The van der Waals surface area contributed by atoms with Crippen molar-refractivity contribution in [2.45, 2.75) is 137 Å². The van der Waals surface area contributed by atoms with Gasteiger partial charge in [-0.2, -0.15) is 0 Å². The summed E-state index contributed by atoms with van der Waals surface area (Å²) in [6.45, 7) is 16.1. The van der Waals surface area contributed by atoms with Crippen molar-refractivity contribution < 1.29 is 28.7 Å². The average molecular weight is 576 g/mol. The number of rotatable bonds is 6. The molecular weight excluding hydrogens is 522 g/mol. The van der Waals surface area contributed by atoms with Gasteiger partial charge in [0.2, 0.25) is 11.8 Å². The van der Waals surface area contributed by atoms with Crippen LogP contribution in [0.1, 0.15) is 113 Å². The molecule has 0 aromatic carbocycles. The second-order valence-electron chi connectivity index (χ2n) is 15.7. The minimum Gasteiger partial charge on any atom is -0.467 e. The molecule has 3 amide bonds. The summed E-state index contributed by atoms with van der Waals surface area (Å²) in [6, 6.07) is -2.38. The summed E-state index contributed by atoms with van der Waals surface area (Å²) in [5, 5.41) is 5.87. The van der Waals surface area contributed by atoms with Crippen molar-refractivity contribution >= 4 is 23.9 Å². The second kappa shape index (κ2) is 10.7. The monoisotopic (exact) mass is 575 g/mol. The topological polar surface area (TPSA) is 114 Å². The zero-order valence-corrected chi connectivity index (χ0v) is 26.8. The standard InChI is InChI=1S/C32H53N3O6/c1-28(2,3)23(34-24(36)22(20-14-11-10-12-15-20)33-27(39)41-29(4,5)6)25(37)35-19-32(18-21(35)26(38)40-9)30(7,8)31(32)16-13-17-31/h20-23H,10-19H2,1-9H3,(H,33,39)(H,34,36)/t21?,22?,23-,32-/m1/s1. The van der Waals surface area contributed by atoms with E-state index in [1.54, 1.807) is 25.7 Å². The largest absolute Gasteiger partial charge is 0.467 e. The van der Waals surface area contributed by atoms with Crippen LogP contribution in [0.3, 0.4) is 0 Å². The molecule has 2 spiro atoms. The first kappa shape index (κ1) is 31.6. The summed E-state index contributed by atoms with van der Waals surface area (Å²) in [7, 11) is 1.37. The first-order valence-corrected chi connectivity index (χ1v) is 15.6. The van der Waals surface area contributed by atoms with E-state index in [1.807, 2.05) is 20.8 Å². The Morgan fingerprint density at radius 1 is 0.878 bits per heavy atom. The van der Waals surface area contributed by atoms with Crippen molar-refractivity contribution in [2.75, 3.05) is 13.7 Å². The SMILES string of the molecule is COC(=O)C1C[C@@]2(CN1C(=O)[C@@H](NC(=O)C(NC(=O)OC(C)(C)C)C1CCCCC1)C(C)(C)C)C(C)(C)C21CCC1. The molecule has 1 saturated heterocycles. The van der Waals surface area contributed by atoms with Gasteiger partial charge in [0.05, 0.1) is 7.11 Å². The van der Waals surface area contributed by atoms with Gasteiger partial charge in [0, 0.05) is 12.0 Å². The van der Waals surface area contributed by atoms with Gasteiger partial charge >= 0.3 is 12.1 Å². The van der Waals surface area contributed by atoms with E-state index in [-0.39, 0.29) is 34.0 Å². The first-order chi connectivity index (χ1) is 18.9. The highest BCUT2D eigenvalue weighted by Gasteiger charge is 2.85. The second-order valence-corrected chi connectivity index (χ2v) is 15.7. The highest BCUT2D eigenvalue weighted by molar-refractivity contribution is 5.94. The number of likely N-dealkylation sites (tertiary alicyclic amines) is 1. The lowest BCUT2D eigenvalue weighted by atomic mass is 9.73. The minimum atomic E-state index is -0.886. The number of fused-ring (bicyclic) bond motifs is 1. The third kappa shape index (κ3) is 5.47. The van der Waals surface area contributed by atoms with E-state index >= 15 is 0 Å². The maximum atomic E-state index is 14.4. The van der Waals surface area contributed by atoms with Crippen molar-refractivity contribution in [3.05, 3.63) is 0 Å². The van der Waals surface area contributed by atoms with Gasteiger partial charge in [0.1, 0.15) is 23.7 Å². The van der Waals surface area contributed by atoms with E-state index in [0.717, 1.165) is 44.9 Å². The zero-order chi connectivity index (χ0) is 30.6. The lowest BCUT2D eigenvalue weighted by Crippen LogP contribution is -2.61. The molecule has 232 valence electrons. The molecule has 4 aliphatic rings. The smallest absolute Gasteiger partial charge is 0.408 e. The van der Waals surface area contributed by atoms with E-state index in [0.29, 0.717) is 13.0 Å². The van der Waals surface area contributed by atoms with Gasteiger partial charge in [-0.05, 0) is 75.0 Å². The molecule has 4 fully saturated rings. The summed E-state index contributed by atoms with van der Waals surface area (Å²) in [5.41, 5.74) is -1.28. The number of alkyl carbamates (subject to hydrolysis) is 1. The number of nitrogens with one attached hydrogen (secondary N) is 2. The average Bonchev–Trinajstić information content (AvgIpc) is 3.08. The maximum Gasteiger partial charge on any atom is 0.408 e. The van der Waals surface area contributed by atoms with Gasteiger partial charge in [-0.1, -0.05) is 60.3 Å². The third-order valence-corrected chi connectivity index (χ3v) is 11.0. The third-order valence-electron chi connectivity index (χ3n) is 11.0. The molecule has 1 heterocycles. The lowest BCUT2D eigenvalue weighted by Gasteiger charge is -2.37. The molecular formula is C32H53N3O6. The van der Waals surface area contributed by atoms with E-state index in [2.05, 4.69) is 24.5 Å². The number of amides is 3. The van der Waals surface area contributed by atoms with E-state index in [1.165, 1.54) is 13.5 Å². The van der Waals surface area contributed by atoms with E-state index < -0.39 is 41.2 Å². The summed E-state index contributed by atoms with van der Waals surface area (Å²) in [6.07, 6.45) is 8.07. The molecule has 4 rings (SSSR count). The minimum absolute atomic E-state index is 0.0312.